The SMILES string of the molecule is Cc1ccc(C=C2C(=O)N(c3c(Cl)cccc3Cl)c3ccccc32)cc1.Cc1ccc(CC2C(=O)N(c3c(Cl)cccc3Cl)c3ccccc32)cc1. The fourth-order valence-corrected chi connectivity index (χ4v) is 7.75. The second-order valence-electron chi connectivity index (χ2n) is 12.7. The van der Waals surface area contributed by atoms with Crippen molar-refractivity contribution < 1.29 is 9.59 Å². The molecule has 1 atom stereocenters. The molecule has 52 heavy (non-hydrogen) atoms. The van der Waals surface area contributed by atoms with Crippen LogP contribution in [0, 0.1) is 13.8 Å². The molecule has 8 heteroatoms. The average Bonchev–Trinajstić information content (AvgIpc) is 3.56. The zero-order valence-corrected chi connectivity index (χ0v) is 31.3. The quantitative estimate of drug-likeness (QED) is 0.164. The molecule has 6 aromatic rings. The van der Waals surface area contributed by atoms with Gasteiger partial charge in [-0.3, -0.25) is 19.4 Å². The van der Waals surface area contributed by atoms with Crippen molar-refractivity contribution in [1.29, 1.82) is 0 Å². The first-order chi connectivity index (χ1) is 25.1. The number of halogens is 4. The van der Waals surface area contributed by atoms with Gasteiger partial charge in [-0.2, -0.15) is 0 Å². The van der Waals surface area contributed by atoms with Crippen LogP contribution in [-0.4, -0.2) is 11.8 Å². The third-order valence-electron chi connectivity index (χ3n) is 9.21. The number of carbonyl (C=O) groups is 2. The maximum Gasteiger partial charge on any atom is 0.263 e. The smallest absolute Gasteiger partial charge is 0.263 e. The van der Waals surface area contributed by atoms with Crippen molar-refractivity contribution in [3.63, 3.8) is 0 Å². The van der Waals surface area contributed by atoms with Crippen molar-refractivity contribution in [3.05, 3.63) is 187 Å². The number of amides is 2. The van der Waals surface area contributed by atoms with E-state index in [1.54, 1.807) is 46.2 Å². The van der Waals surface area contributed by atoms with E-state index in [0.29, 0.717) is 43.5 Å². The van der Waals surface area contributed by atoms with Crippen molar-refractivity contribution in [3.8, 4) is 0 Å². The van der Waals surface area contributed by atoms with Gasteiger partial charge in [0.1, 0.15) is 0 Å². The van der Waals surface area contributed by atoms with E-state index in [9.17, 15) is 9.59 Å². The van der Waals surface area contributed by atoms with Gasteiger partial charge in [0.25, 0.3) is 5.91 Å². The largest absolute Gasteiger partial charge is 0.277 e. The molecule has 2 aliphatic rings. The van der Waals surface area contributed by atoms with E-state index in [-0.39, 0.29) is 17.7 Å². The van der Waals surface area contributed by atoms with Crippen molar-refractivity contribution in [2.45, 2.75) is 26.2 Å². The summed E-state index contributed by atoms with van der Waals surface area (Å²) in [6.45, 7) is 4.09. The van der Waals surface area contributed by atoms with E-state index in [1.807, 2.05) is 85.8 Å². The molecule has 258 valence electrons. The Labute approximate surface area is 323 Å². The Hall–Kier alpha value is -4.84. The van der Waals surface area contributed by atoms with Gasteiger partial charge in [-0.15, -0.1) is 0 Å². The highest BCUT2D eigenvalue weighted by Gasteiger charge is 2.39. The number of benzene rings is 6. The van der Waals surface area contributed by atoms with Crippen molar-refractivity contribution in [1.82, 2.24) is 0 Å². The summed E-state index contributed by atoms with van der Waals surface area (Å²) >= 11 is 25.5. The average molecular weight is 763 g/mol. The van der Waals surface area contributed by atoms with Crippen LogP contribution >= 0.6 is 46.4 Å². The summed E-state index contributed by atoms with van der Waals surface area (Å²) in [5, 5.41) is 1.82. The maximum absolute atomic E-state index is 13.3. The Bertz CT molecular complexity index is 2310. The summed E-state index contributed by atoms with van der Waals surface area (Å²) in [4.78, 5) is 29.9. The summed E-state index contributed by atoms with van der Waals surface area (Å²) in [6.07, 6.45) is 2.56. The van der Waals surface area contributed by atoms with E-state index < -0.39 is 0 Å². The van der Waals surface area contributed by atoms with E-state index in [4.69, 9.17) is 46.4 Å². The molecule has 0 aliphatic carbocycles. The molecule has 0 saturated carbocycles. The van der Waals surface area contributed by atoms with Gasteiger partial charge < -0.3 is 0 Å². The molecule has 4 nitrogen and oxygen atoms in total. The van der Waals surface area contributed by atoms with Crippen molar-refractivity contribution >= 4 is 92.6 Å². The second kappa shape index (κ2) is 15.0. The normalized spacial score (nSPS) is 15.4. The summed E-state index contributed by atoms with van der Waals surface area (Å²) < 4.78 is 0. The number of hydrogen-bond acceptors (Lipinski definition) is 2. The number of aryl methyl sites for hydroxylation is 2. The maximum atomic E-state index is 13.3. The Balaban J connectivity index is 0.000000162. The van der Waals surface area contributed by atoms with E-state index in [1.165, 1.54) is 11.1 Å². The summed E-state index contributed by atoms with van der Waals surface area (Å²) in [6, 6.07) is 42.4. The first-order valence-electron chi connectivity index (χ1n) is 16.7. The number of para-hydroxylation sites is 4. The predicted molar refractivity (Wildman–Crippen MR) is 217 cm³/mol. The van der Waals surface area contributed by atoms with Gasteiger partial charge in [-0.25, -0.2) is 0 Å². The van der Waals surface area contributed by atoms with Gasteiger partial charge >= 0.3 is 0 Å². The van der Waals surface area contributed by atoms with Gasteiger partial charge in [-0.1, -0.05) is 155 Å². The van der Waals surface area contributed by atoms with Crippen LogP contribution < -0.4 is 9.80 Å². The van der Waals surface area contributed by atoms with Crippen molar-refractivity contribution in [2.75, 3.05) is 9.80 Å². The molecule has 0 bridgehead atoms. The molecule has 0 N–H and O–H groups in total. The topological polar surface area (TPSA) is 40.6 Å². The number of nitrogens with zero attached hydrogens (tertiary/aromatic N) is 2. The molecule has 0 fully saturated rings. The number of fused-ring (bicyclic) bond motifs is 2. The van der Waals surface area contributed by atoms with E-state index in [2.05, 4.69) is 31.2 Å². The molecule has 6 aromatic carbocycles. The fraction of sp³-hybridized carbons (Fsp3) is 0.0909. The minimum Gasteiger partial charge on any atom is -0.277 e. The number of rotatable bonds is 5. The highest BCUT2D eigenvalue weighted by molar-refractivity contribution is 6.45. The van der Waals surface area contributed by atoms with Crippen LogP contribution in [0.15, 0.2) is 133 Å². The first-order valence-corrected chi connectivity index (χ1v) is 18.2. The third kappa shape index (κ3) is 6.88. The van der Waals surface area contributed by atoms with Crippen molar-refractivity contribution in [2.24, 2.45) is 0 Å². The molecule has 2 amide bonds. The number of carbonyl (C=O) groups excluding carboxylic acids is 2. The van der Waals surface area contributed by atoms with Crippen LogP contribution in [-0.2, 0) is 16.0 Å². The van der Waals surface area contributed by atoms with Crippen LogP contribution in [0.4, 0.5) is 22.7 Å². The second-order valence-corrected chi connectivity index (χ2v) is 14.4. The summed E-state index contributed by atoms with van der Waals surface area (Å²) in [5.41, 5.74) is 9.70. The highest BCUT2D eigenvalue weighted by Crippen LogP contribution is 2.48. The zero-order valence-electron chi connectivity index (χ0n) is 28.3. The molecule has 0 spiro atoms. The van der Waals surface area contributed by atoms with Crippen LogP contribution in [0.2, 0.25) is 20.1 Å². The van der Waals surface area contributed by atoms with Crippen LogP contribution in [0.3, 0.4) is 0 Å². The molecule has 2 heterocycles. The molecule has 2 aliphatic heterocycles. The van der Waals surface area contributed by atoms with Gasteiger partial charge in [0.05, 0.1) is 54.3 Å². The Morgan fingerprint density at radius 3 is 1.65 bits per heavy atom. The van der Waals surface area contributed by atoms with E-state index >= 15 is 0 Å². The van der Waals surface area contributed by atoms with Gasteiger partial charge in [0.2, 0.25) is 5.91 Å². The lowest BCUT2D eigenvalue weighted by molar-refractivity contribution is -0.118. The Morgan fingerprint density at radius 2 is 1.06 bits per heavy atom. The molecular formula is C44H32Cl4N2O2. The Morgan fingerprint density at radius 1 is 0.558 bits per heavy atom. The molecule has 0 radical (unpaired) electrons. The summed E-state index contributed by atoms with van der Waals surface area (Å²) in [7, 11) is 0. The fourth-order valence-electron chi connectivity index (χ4n) is 6.62. The lowest BCUT2D eigenvalue weighted by Gasteiger charge is -2.21. The zero-order chi connectivity index (χ0) is 36.5. The Kier molecular flexibility index (Phi) is 10.3. The monoisotopic (exact) mass is 760 g/mol. The standard InChI is InChI=1S/C22H17Cl2NO.C22H15Cl2NO/c2*1-14-9-11-15(12-10-14)13-17-16-5-2-3-8-20(16)25(22(17)26)21-18(23)6-4-7-19(21)24/h2-12,17H,13H2,1H3;2-13H,1H3. The summed E-state index contributed by atoms with van der Waals surface area (Å²) in [5.74, 6) is -0.384. The van der Waals surface area contributed by atoms with Crippen LogP contribution in [0.5, 0.6) is 0 Å². The molecular weight excluding hydrogens is 730 g/mol. The minimum atomic E-state index is -0.249. The number of anilines is 4. The lowest BCUT2D eigenvalue weighted by Crippen LogP contribution is -2.25. The minimum absolute atomic E-state index is 0.00164. The lowest BCUT2D eigenvalue weighted by atomic mass is 9.93. The van der Waals surface area contributed by atoms with Crippen LogP contribution in [0.25, 0.3) is 11.6 Å². The van der Waals surface area contributed by atoms with Crippen LogP contribution in [0.1, 0.15) is 39.3 Å². The van der Waals surface area contributed by atoms with Gasteiger partial charge in [0, 0.05) is 5.56 Å². The first kappa shape index (κ1) is 35.6. The van der Waals surface area contributed by atoms with Gasteiger partial charge in [0.15, 0.2) is 0 Å². The highest BCUT2D eigenvalue weighted by atomic mass is 35.5. The van der Waals surface area contributed by atoms with E-state index in [0.717, 1.165) is 33.6 Å². The predicted octanol–water partition coefficient (Wildman–Crippen LogP) is 12.8. The third-order valence-corrected chi connectivity index (χ3v) is 10.4. The van der Waals surface area contributed by atoms with Gasteiger partial charge in [-0.05, 0) is 79.4 Å². The molecule has 1 unspecified atom stereocenters. The molecule has 0 aromatic heterocycles. The number of hydrogen-bond donors (Lipinski definition) is 0. The molecule has 8 rings (SSSR count). The molecule has 0 saturated heterocycles.